The third-order valence-corrected chi connectivity index (χ3v) is 3.32. The first kappa shape index (κ1) is 17.0. The molecule has 132 valence electrons. The van der Waals surface area contributed by atoms with E-state index in [1.165, 1.54) is 12.3 Å². The van der Waals surface area contributed by atoms with Crippen molar-refractivity contribution in [1.82, 2.24) is 4.98 Å². The third-order valence-electron chi connectivity index (χ3n) is 3.32. The van der Waals surface area contributed by atoms with Crippen LogP contribution in [0, 0.1) is 12.7 Å². The van der Waals surface area contributed by atoms with Gasteiger partial charge in [-0.05, 0) is 36.8 Å². The highest BCUT2D eigenvalue weighted by molar-refractivity contribution is 5.79. The van der Waals surface area contributed by atoms with Gasteiger partial charge >= 0.3 is 6.36 Å². The van der Waals surface area contributed by atoms with Crippen LogP contribution in [0.15, 0.2) is 41.7 Å². The molecule has 0 unspecified atom stereocenters. The number of alkyl halides is 3. The zero-order valence-corrected chi connectivity index (χ0v) is 12.9. The average Bonchev–Trinajstić information content (AvgIpc) is 2.99. The minimum atomic E-state index is -4.96. The van der Waals surface area contributed by atoms with Crippen molar-refractivity contribution >= 4 is 5.90 Å². The number of nitrogens with zero attached hydrogens (tertiary/aromatic N) is 2. The summed E-state index contributed by atoms with van der Waals surface area (Å²) in [4.78, 5) is 9.23. The van der Waals surface area contributed by atoms with E-state index in [0.717, 1.165) is 17.8 Å². The molecule has 1 aliphatic heterocycles. The van der Waals surface area contributed by atoms with E-state index in [2.05, 4.69) is 14.9 Å². The van der Waals surface area contributed by atoms with Crippen LogP contribution in [0.3, 0.4) is 0 Å². The Labute approximate surface area is 139 Å². The lowest BCUT2D eigenvalue weighted by Crippen LogP contribution is -2.18. The van der Waals surface area contributed by atoms with Gasteiger partial charge < -0.3 is 14.3 Å². The summed E-state index contributed by atoms with van der Waals surface area (Å²) in [6.45, 7) is 1.83. The van der Waals surface area contributed by atoms with E-state index in [1.807, 2.05) is 6.92 Å². The highest BCUT2D eigenvalue weighted by atomic mass is 19.4. The van der Waals surface area contributed by atoms with E-state index in [9.17, 15) is 17.6 Å². The maximum absolute atomic E-state index is 13.8. The Morgan fingerprint density at radius 3 is 2.64 bits per heavy atom. The van der Waals surface area contributed by atoms with Crippen molar-refractivity contribution in [3.63, 3.8) is 0 Å². The zero-order chi connectivity index (χ0) is 18.0. The van der Waals surface area contributed by atoms with Gasteiger partial charge in [-0.1, -0.05) is 11.2 Å². The van der Waals surface area contributed by atoms with Gasteiger partial charge in [-0.25, -0.2) is 4.39 Å². The number of rotatable bonds is 3. The van der Waals surface area contributed by atoms with Gasteiger partial charge in [-0.2, -0.15) is 0 Å². The molecule has 1 aromatic heterocycles. The van der Waals surface area contributed by atoms with Gasteiger partial charge in [0.05, 0.1) is 12.6 Å². The smallest absolute Gasteiger partial charge is 0.438 e. The Bertz CT molecular complexity index is 791. The number of aryl methyl sites for hydroxylation is 1. The molecule has 0 radical (unpaired) electrons. The molecule has 3 rings (SSSR count). The fourth-order valence-corrected chi connectivity index (χ4v) is 2.17. The fraction of sp³-hybridized carbons (Fsp3) is 0.250. The molecule has 0 saturated carbocycles. The zero-order valence-electron chi connectivity index (χ0n) is 12.9. The molecule has 0 spiro atoms. The van der Waals surface area contributed by atoms with E-state index in [4.69, 9.17) is 9.57 Å². The SMILES string of the molecule is Cc1ccc(OC2=NO[C@H](c3ccc(OC(F)(F)F)c(F)c3)C2)cn1. The molecule has 2 heterocycles. The number of pyridine rings is 1. The highest BCUT2D eigenvalue weighted by Gasteiger charge is 2.33. The molecule has 1 atom stereocenters. The van der Waals surface area contributed by atoms with Crippen molar-refractivity contribution in [3.8, 4) is 11.5 Å². The van der Waals surface area contributed by atoms with Crippen molar-refractivity contribution in [1.29, 1.82) is 0 Å². The summed E-state index contributed by atoms with van der Waals surface area (Å²) in [5, 5.41) is 3.76. The van der Waals surface area contributed by atoms with Crippen LogP contribution in [-0.2, 0) is 4.84 Å². The Balaban J connectivity index is 1.64. The predicted molar refractivity (Wildman–Crippen MR) is 78.6 cm³/mol. The molecule has 1 aromatic carbocycles. The Hall–Kier alpha value is -2.84. The van der Waals surface area contributed by atoms with Crippen molar-refractivity contribution in [2.24, 2.45) is 5.16 Å². The lowest BCUT2D eigenvalue weighted by molar-refractivity contribution is -0.275. The van der Waals surface area contributed by atoms with Crippen LogP contribution >= 0.6 is 0 Å². The fourth-order valence-electron chi connectivity index (χ4n) is 2.17. The number of hydrogen-bond acceptors (Lipinski definition) is 5. The maximum Gasteiger partial charge on any atom is 0.573 e. The monoisotopic (exact) mass is 356 g/mol. The van der Waals surface area contributed by atoms with E-state index in [1.54, 1.807) is 12.1 Å². The first-order valence-corrected chi connectivity index (χ1v) is 7.18. The minimum Gasteiger partial charge on any atom is -0.438 e. The van der Waals surface area contributed by atoms with Crippen LogP contribution in [0.25, 0.3) is 0 Å². The summed E-state index contributed by atoms with van der Waals surface area (Å²) in [5.74, 6) is -1.33. The van der Waals surface area contributed by atoms with Crippen LogP contribution < -0.4 is 9.47 Å². The highest BCUT2D eigenvalue weighted by Crippen LogP contribution is 2.32. The standard InChI is InChI=1S/C16H12F4N2O3/c1-9-2-4-11(8-21-9)23-15-7-14(25-22-15)10-3-5-13(12(17)6-10)24-16(18,19)20/h2-6,8,14H,7H2,1H3/t14-/m0/s1. The summed E-state index contributed by atoms with van der Waals surface area (Å²) in [6, 6.07) is 6.56. The van der Waals surface area contributed by atoms with E-state index < -0.39 is 24.0 Å². The van der Waals surface area contributed by atoms with Gasteiger partial charge in [0.15, 0.2) is 17.7 Å². The summed E-state index contributed by atoms with van der Waals surface area (Å²) < 4.78 is 59.3. The van der Waals surface area contributed by atoms with E-state index >= 15 is 0 Å². The molecule has 5 nitrogen and oxygen atoms in total. The Morgan fingerprint density at radius 1 is 1.20 bits per heavy atom. The van der Waals surface area contributed by atoms with Gasteiger partial charge in [0.1, 0.15) is 5.75 Å². The summed E-state index contributed by atoms with van der Waals surface area (Å²) in [6.07, 6.45) is -3.90. The predicted octanol–water partition coefficient (Wildman–Crippen LogP) is 4.28. The second-order valence-corrected chi connectivity index (χ2v) is 5.26. The van der Waals surface area contributed by atoms with Gasteiger partial charge in [0.25, 0.3) is 0 Å². The van der Waals surface area contributed by atoms with Crippen molar-refractivity contribution in [2.45, 2.75) is 25.8 Å². The maximum atomic E-state index is 13.8. The molecular weight excluding hydrogens is 344 g/mol. The van der Waals surface area contributed by atoms with Gasteiger partial charge in [0.2, 0.25) is 5.90 Å². The second-order valence-electron chi connectivity index (χ2n) is 5.26. The molecule has 0 aliphatic carbocycles. The lowest BCUT2D eigenvalue weighted by Gasteiger charge is -2.12. The average molecular weight is 356 g/mol. The third kappa shape index (κ3) is 4.37. The topological polar surface area (TPSA) is 52.9 Å². The number of hydrogen-bond donors (Lipinski definition) is 0. The first-order valence-electron chi connectivity index (χ1n) is 7.18. The Morgan fingerprint density at radius 2 is 2.00 bits per heavy atom. The number of halogens is 4. The largest absolute Gasteiger partial charge is 0.573 e. The normalized spacial score (nSPS) is 17.0. The number of ether oxygens (including phenoxy) is 2. The van der Waals surface area contributed by atoms with E-state index in [0.29, 0.717) is 11.3 Å². The van der Waals surface area contributed by atoms with Crippen molar-refractivity contribution < 1.29 is 31.9 Å². The van der Waals surface area contributed by atoms with Gasteiger partial charge in [0, 0.05) is 5.69 Å². The first-order chi connectivity index (χ1) is 11.8. The number of oxime groups is 1. The van der Waals surface area contributed by atoms with Crippen LogP contribution in [-0.4, -0.2) is 17.2 Å². The molecule has 0 amide bonds. The van der Waals surface area contributed by atoms with Crippen LogP contribution in [0.1, 0.15) is 23.8 Å². The van der Waals surface area contributed by atoms with Gasteiger partial charge in [-0.3, -0.25) is 4.98 Å². The molecule has 2 aromatic rings. The van der Waals surface area contributed by atoms with Crippen LogP contribution in [0.4, 0.5) is 17.6 Å². The number of benzene rings is 1. The molecule has 0 N–H and O–H groups in total. The quantitative estimate of drug-likeness (QED) is 0.771. The molecule has 25 heavy (non-hydrogen) atoms. The molecule has 0 bridgehead atoms. The molecule has 0 fully saturated rings. The summed E-state index contributed by atoms with van der Waals surface area (Å²) in [5.41, 5.74) is 1.14. The Kier molecular flexibility index (Phi) is 4.47. The molecule has 0 saturated heterocycles. The lowest BCUT2D eigenvalue weighted by atomic mass is 10.1. The molecule has 1 aliphatic rings. The van der Waals surface area contributed by atoms with E-state index in [-0.39, 0.29) is 12.3 Å². The number of aromatic nitrogens is 1. The minimum absolute atomic E-state index is 0.201. The molecule has 9 heteroatoms. The van der Waals surface area contributed by atoms with Crippen molar-refractivity contribution in [2.75, 3.05) is 0 Å². The summed E-state index contributed by atoms with van der Waals surface area (Å²) in [7, 11) is 0. The van der Waals surface area contributed by atoms with Crippen LogP contribution in [0.2, 0.25) is 0 Å². The summed E-state index contributed by atoms with van der Waals surface area (Å²) >= 11 is 0. The van der Waals surface area contributed by atoms with Crippen molar-refractivity contribution in [3.05, 3.63) is 53.6 Å². The molecular formula is C16H12F4N2O3. The van der Waals surface area contributed by atoms with Gasteiger partial charge in [-0.15, -0.1) is 13.2 Å². The second kappa shape index (κ2) is 6.58. The van der Waals surface area contributed by atoms with Crippen LogP contribution in [0.5, 0.6) is 11.5 Å².